The van der Waals surface area contributed by atoms with Gasteiger partial charge in [0.15, 0.2) is 6.10 Å². The van der Waals surface area contributed by atoms with Gasteiger partial charge < -0.3 is 19.2 Å². The summed E-state index contributed by atoms with van der Waals surface area (Å²) in [5, 5.41) is 24.1. The summed E-state index contributed by atoms with van der Waals surface area (Å²) in [6, 6.07) is 10.7. The normalized spacial score (nSPS) is 11.2. The Labute approximate surface area is 196 Å². The Kier molecular flexibility index (Phi) is 7.51. The topological polar surface area (TPSA) is 181 Å². The van der Waals surface area contributed by atoms with Crippen LogP contribution < -0.4 is 5.32 Å². The lowest BCUT2D eigenvalue weighted by atomic mass is 10.2. The van der Waals surface area contributed by atoms with Gasteiger partial charge in [-0.05, 0) is 24.3 Å². The second-order valence-corrected chi connectivity index (χ2v) is 7.02. The predicted octanol–water partition coefficient (Wildman–Crippen LogP) is 3.81. The molecule has 0 radical (unpaired) electrons. The van der Waals surface area contributed by atoms with Crippen LogP contribution in [0.15, 0.2) is 65.3 Å². The molecular formula is C22H17N3O10. The van der Waals surface area contributed by atoms with E-state index in [1.54, 1.807) is 0 Å². The smallest absolute Gasteiger partial charge is 0.338 e. The molecule has 35 heavy (non-hydrogen) atoms. The second kappa shape index (κ2) is 10.7. The molecule has 2 aromatic carbocycles. The van der Waals surface area contributed by atoms with E-state index in [-0.39, 0.29) is 39.9 Å². The highest BCUT2D eigenvalue weighted by Crippen LogP contribution is 2.26. The standard InChI is InChI=1S/C22H17N3O10/c1-13(26)23-16-10-19(33-11-16)20(35-22(28)15-4-8-18(9-5-15)25(31)32)12-34-21(27)14-2-6-17(7-3-14)24(29)30/h2-11,20H,12H2,1H3,(H,23,26). The summed E-state index contributed by atoms with van der Waals surface area (Å²) in [6.07, 6.45) is -0.0519. The Bertz CT molecular complexity index is 1270. The summed E-state index contributed by atoms with van der Waals surface area (Å²) in [5.74, 6) is -2.06. The molecule has 13 nitrogen and oxygen atoms in total. The number of non-ortho nitro benzene ring substituents is 2. The molecule has 0 aliphatic carbocycles. The number of benzene rings is 2. The molecule has 180 valence electrons. The van der Waals surface area contributed by atoms with Crippen LogP contribution in [-0.4, -0.2) is 34.3 Å². The van der Waals surface area contributed by atoms with Gasteiger partial charge in [0.2, 0.25) is 5.91 Å². The van der Waals surface area contributed by atoms with E-state index in [9.17, 15) is 34.6 Å². The van der Waals surface area contributed by atoms with Crippen molar-refractivity contribution in [2.75, 3.05) is 11.9 Å². The van der Waals surface area contributed by atoms with Crippen LogP contribution >= 0.6 is 0 Å². The zero-order valence-electron chi connectivity index (χ0n) is 18.0. The lowest BCUT2D eigenvalue weighted by Crippen LogP contribution is -2.19. The van der Waals surface area contributed by atoms with E-state index in [0.717, 1.165) is 24.3 Å². The molecule has 0 saturated heterocycles. The first-order valence-corrected chi connectivity index (χ1v) is 9.87. The minimum absolute atomic E-state index is 0.00376. The molecule has 1 unspecified atom stereocenters. The fraction of sp³-hybridized carbons (Fsp3) is 0.136. The molecule has 0 saturated carbocycles. The highest BCUT2D eigenvalue weighted by molar-refractivity contribution is 5.91. The number of rotatable bonds is 9. The molecule has 0 aliphatic rings. The van der Waals surface area contributed by atoms with E-state index in [4.69, 9.17) is 13.9 Å². The van der Waals surface area contributed by atoms with Gasteiger partial charge in [0, 0.05) is 37.3 Å². The number of nitro benzene ring substituents is 2. The maximum Gasteiger partial charge on any atom is 0.338 e. The Hall–Kier alpha value is -5.07. The monoisotopic (exact) mass is 483 g/mol. The Morgan fingerprint density at radius 1 is 0.914 bits per heavy atom. The molecule has 3 rings (SSSR count). The third kappa shape index (κ3) is 6.47. The highest BCUT2D eigenvalue weighted by atomic mass is 16.6. The van der Waals surface area contributed by atoms with Crippen LogP contribution in [0.5, 0.6) is 0 Å². The first kappa shape index (κ1) is 24.6. The van der Waals surface area contributed by atoms with E-state index in [1.807, 2.05) is 0 Å². The minimum atomic E-state index is -1.25. The number of furan rings is 1. The van der Waals surface area contributed by atoms with Crippen LogP contribution in [-0.2, 0) is 14.3 Å². The van der Waals surface area contributed by atoms with Crippen LogP contribution in [0.4, 0.5) is 17.1 Å². The highest BCUT2D eigenvalue weighted by Gasteiger charge is 2.25. The van der Waals surface area contributed by atoms with Crippen molar-refractivity contribution in [3.63, 3.8) is 0 Å². The van der Waals surface area contributed by atoms with Gasteiger partial charge in [-0.25, -0.2) is 9.59 Å². The van der Waals surface area contributed by atoms with Gasteiger partial charge in [-0.15, -0.1) is 0 Å². The van der Waals surface area contributed by atoms with E-state index in [2.05, 4.69) is 5.32 Å². The molecular weight excluding hydrogens is 466 g/mol. The largest absolute Gasteiger partial charge is 0.463 e. The van der Waals surface area contributed by atoms with Crippen molar-refractivity contribution in [3.8, 4) is 0 Å². The molecule has 1 N–H and O–H groups in total. The van der Waals surface area contributed by atoms with Gasteiger partial charge in [-0.2, -0.15) is 0 Å². The third-order valence-corrected chi connectivity index (χ3v) is 4.50. The molecule has 0 aliphatic heterocycles. The van der Waals surface area contributed by atoms with Crippen molar-refractivity contribution >= 4 is 34.9 Å². The lowest BCUT2D eigenvalue weighted by Gasteiger charge is -2.16. The van der Waals surface area contributed by atoms with Gasteiger partial charge in [0.1, 0.15) is 18.6 Å². The summed E-state index contributed by atoms with van der Waals surface area (Å²) in [7, 11) is 0. The number of amides is 1. The summed E-state index contributed by atoms with van der Waals surface area (Å²) in [5.41, 5.74) is -0.144. The molecule has 1 aromatic heterocycles. The first-order valence-electron chi connectivity index (χ1n) is 9.87. The average molecular weight is 483 g/mol. The van der Waals surface area contributed by atoms with Crippen LogP contribution in [0.25, 0.3) is 0 Å². The fourth-order valence-electron chi connectivity index (χ4n) is 2.84. The molecule has 0 fully saturated rings. The van der Waals surface area contributed by atoms with Crippen LogP contribution in [0, 0.1) is 20.2 Å². The van der Waals surface area contributed by atoms with Crippen molar-refractivity contribution in [2.24, 2.45) is 0 Å². The summed E-state index contributed by atoms with van der Waals surface area (Å²) in [6.45, 7) is 0.784. The van der Waals surface area contributed by atoms with E-state index in [1.165, 1.54) is 43.5 Å². The summed E-state index contributed by atoms with van der Waals surface area (Å²) in [4.78, 5) is 56.6. The number of hydrogen-bond acceptors (Lipinski definition) is 10. The van der Waals surface area contributed by atoms with Gasteiger partial charge >= 0.3 is 11.9 Å². The number of nitrogens with one attached hydrogen (secondary N) is 1. The SMILES string of the molecule is CC(=O)Nc1coc(C(COC(=O)c2ccc([N+](=O)[O-])cc2)OC(=O)c2ccc([N+](=O)[O-])cc2)c1. The number of nitrogens with zero attached hydrogens (tertiary/aromatic N) is 2. The number of carbonyl (C=O) groups is 3. The quantitative estimate of drug-likeness (QED) is 0.267. The molecule has 1 heterocycles. The Morgan fingerprint density at radius 3 is 1.91 bits per heavy atom. The summed E-state index contributed by atoms with van der Waals surface area (Å²) < 4.78 is 15.9. The maximum atomic E-state index is 12.6. The Balaban J connectivity index is 1.76. The number of hydrogen-bond donors (Lipinski definition) is 1. The minimum Gasteiger partial charge on any atom is -0.463 e. The molecule has 0 spiro atoms. The molecule has 13 heteroatoms. The molecule has 0 bridgehead atoms. The number of carbonyl (C=O) groups excluding carboxylic acids is 3. The number of nitro groups is 2. The van der Waals surface area contributed by atoms with E-state index >= 15 is 0 Å². The van der Waals surface area contributed by atoms with Gasteiger partial charge in [-0.3, -0.25) is 25.0 Å². The van der Waals surface area contributed by atoms with Crippen molar-refractivity contribution in [1.29, 1.82) is 0 Å². The second-order valence-electron chi connectivity index (χ2n) is 7.02. The lowest BCUT2D eigenvalue weighted by molar-refractivity contribution is -0.385. The van der Waals surface area contributed by atoms with Gasteiger partial charge in [0.25, 0.3) is 11.4 Å². The number of ether oxygens (including phenoxy) is 2. The predicted molar refractivity (Wildman–Crippen MR) is 118 cm³/mol. The maximum absolute atomic E-state index is 12.6. The van der Waals surface area contributed by atoms with Crippen molar-refractivity contribution in [2.45, 2.75) is 13.0 Å². The summed E-state index contributed by atoms with van der Waals surface area (Å²) >= 11 is 0. The van der Waals surface area contributed by atoms with E-state index in [0.29, 0.717) is 0 Å². The Morgan fingerprint density at radius 2 is 1.43 bits per heavy atom. The number of esters is 2. The fourth-order valence-corrected chi connectivity index (χ4v) is 2.84. The average Bonchev–Trinajstić information content (AvgIpc) is 3.29. The first-order chi connectivity index (χ1) is 16.6. The van der Waals surface area contributed by atoms with Crippen LogP contribution in [0.1, 0.15) is 39.5 Å². The van der Waals surface area contributed by atoms with Crippen molar-refractivity contribution in [1.82, 2.24) is 0 Å². The van der Waals surface area contributed by atoms with Gasteiger partial charge in [0.05, 0.1) is 26.7 Å². The molecule has 1 amide bonds. The molecule has 1 atom stereocenters. The van der Waals surface area contributed by atoms with Crippen molar-refractivity contribution in [3.05, 3.63) is 98.0 Å². The zero-order chi connectivity index (χ0) is 25.5. The van der Waals surface area contributed by atoms with Crippen molar-refractivity contribution < 1.29 is 38.1 Å². The third-order valence-electron chi connectivity index (χ3n) is 4.50. The van der Waals surface area contributed by atoms with Crippen LogP contribution in [0.3, 0.4) is 0 Å². The van der Waals surface area contributed by atoms with Crippen LogP contribution in [0.2, 0.25) is 0 Å². The molecule has 3 aromatic rings. The zero-order valence-corrected chi connectivity index (χ0v) is 18.0. The van der Waals surface area contributed by atoms with E-state index < -0.39 is 34.5 Å². The van der Waals surface area contributed by atoms with Gasteiger partial charge in [-0.1, -0.05) is 0 Å². The number of anilines is 1.